The lowest BCUT2D eigenvalue weighted by Gasteiger charge is -2.27. The van der Waals surface area contributed by atoms with Gasteiger partial charge in [-0.3, -0.25) is 4.79 Å². The fourth-order valence-electron chi connectivity index (χ4n) is 1.63. The SMILES string of the molecule is CC(C)[C@]1(C(=O)O)CCNC1. The Hall–Kier alpha value is -0.570. The van der Waals surface area contributed by atoms with Gasteiger partial charge in [-0.1, -0.05) is 13.8 Å². The van der Waals surface area contributed by atoms with E-state index in [1.54, 1.807) is 0 Å². The fourth-order valence-corrected chi connectivity index (χ4v) is 1.63. The third-order valence-electron chi connectivity index (χ3n) is 2.72. The van der Waals surface area contributed by atoms with Crippen LogP contribution in [0.5, 0.6) is 0 Å². The molecular formula is C8H15NO2. The van der Waals surface area contributed by atoms with E-state index in [-0.39, 0.29) is 5.92 Å². The Morgan fingerprint density at radius 3 is 2.45 bits per heavy atom. The van der Waals surface area contributed by atoms with Gasteiger partial charge in [0.1, 0.15) is 0 Å². The van der Waals surface area contributed by atoms with E-state index in [1.807, 2.05) is 13.8 Å². The molecule has 1 saturated heterocycles. The van der Waals surface area contributed by atoms with E-state index in [2.05, 4.69) is 5.32 Å². The minimum absolute atomic E-state index is 0.218. The Bertz CT molecular complexity index is 159. The molecule has 1 fully saturated rings. The summed E-state index contributed by atoms with van der Waals surface area (Å²) in [7, 11) is 0. The van der Waals surface area contributed by atoms with Crippen LogP contribution in [0.25, 0.3) is 0 Å². The number of carboxylic acids is 1. The molecule has 3 nitrogen and oxygen atoms in total. The van der Waals surface area contributed by atoms with Crippen molar-refractivity contribution in [2.75, 3.05) is 13.1 Å². The maximum Gasteiger partial charge on any atom is 0.311 e. The van der Waals surface area contributed by atoms with Crippen LogP contribution in [0.2, 0.25) is 0 Å². The Morgan fingerprint density at radius 1 is 1.64 bits per heavy atom. The normalized spacial score (nSPS) is 31.2. The van der Waals surface area contributed by atoms with E-state index in [1.165, 1.54) is 0 Å². The predicted molar refractivity (Wildman–Crippen MR) is 42.4 cm³/mol. The molecule has 1 rings (SSSR count). The minimum Gasteiger partial charge on any atom is -0.481 e. The van der Waals surface area contributed by atoms with Gasteiger partial charge < -0.3 is 10.4 Å². The molecule has 2 N–H and O–H groups in total. The lowest BCUT2D eigenvalue weighted by atomic mass is 9.77. The standard InChI is InChI=1S/C8H15NO2/c1-6(2)8(7(10)11)3-4-9-5-8/h6,9H,3-5H2,1-2H3,(H,10,11)/t8-/m0/s1. The zero-order chi connectivity index (χ0) is 8.48. The molecule has 0 spiro atoms. The van der Waals surface area contributed by atoms with Crippen molar-refractivity contribution in [3.8, 4) is 0 Å². The van der Waals surface area contributed by atoms with Crippen molar-refractivity contribution in [2.45, 2.75) is 20.3 Å². The summed E-state index contributed by atoms with van der Waals surface area (Å²) >= 11 is 0. The van der Waals surface area contributed by atoms with Gasteiger partial charge in [0.15, 0.2) is 0 Å². The first-order chi connectivity index (χ1) is 5.09. The first-order valence-electron chi connectivity index (χ1n) is 4.04. The number of nitrogens with one attached hydrogen (secondary N) is 1. The van der Waals surface area contributed by atoms with Crippen molar-refractivity contribution in [3.63, 3.8) is 0 Å². The van der Waals surface area contributed by atoms with Crippen molar-refractivity contribution in [1.82, 2.24) is 5.32 Å². The third-order valence-corrected chi connectivity index (χ3v) is 2.72. The summed E-state index contributed by atoms with van der Waals surface area (Å²) in [6, 6.07) is 0. The Kier molecular flexibility index (Phi) is 2.18. The lowest BCUT2D eigenvalue weighted by molar-refractivity contribution is -0.150. The van der Waals surface area contributed by atoms with Crippen LogP contribution in [0, 0.1) is 11.3 Å². The van der Waals surface area contributed by atoms with Gasteiger partial charge in [0, 0.05) is 6.54 Å². The number of rotatable bonds is 2. The molecule has 0 unspecified atom stereocenters. The molecule has 0 aromatic rings. The highest BCUT2D eigenvalue weighted by atomic mass is 16.4. The fraction of sp³-hybridized carbons (Fsp3) is 0.875. The van der Waals surface area contributed by atoms with Gasteiger partial charge in [0.2, 0.25) is 0 Å². The van der Waals surface area contributed by atoms with Crippen LogP contribution in [-0.4, -0.2) is 24.2 Å². The molecule has 0 aliphatic carbocycles. The zero-order valence-electron chi connectivity index (χ0n) is 7.05. The van der Waals surface area contributed by atoms with Crippen LogP contribution < -0.4 is 5.32 Å². The molecule has 0 amide bonds. The summed E-state index contributed by atoms with van der Waals surface area (Å²) in [6.45, 7) is 5.41. The minimum atomic E-state index is -0.655. The van der Waals surface area contributed by atoms with Crippen LogP contribution in [-0.2, 0) is 4.79 Å². The van der Waals surface area contributed by atoms with E-state index in [4.69, 9.17) is 5.11 Å². The molecule has 0 bridgehead atoms. The largest absolute Gasteiger partial charge is 0.481 e. The molecule has 1 aliphatic heterocycles. The quantitative estimate of drug-likeness (QED) is 0.620. The molecule has 64 valence electrons. The second-order valence-corrected chi connectivity index (χ2v) is 3.54. The number of hydrogen-bond donors (Lipinski definition) is 2. The van der Waals surface area contributed by atoms with Crippen LogP contribution in [0.15, 0.2) is 0 Å². The highest BCUT2D eigenvalue weighted by Gasteiger charge is 2.43. The van der Waals surface area contributed by atoms with Gasteiger partial charge in [-0.2, -0.15) is 0 Å². The van der Waals surface area contributed by atoms with Gasteiger partial charge in [0.25, 0.3) is 0 Å². The zero-order valence-corrected chi connectivity index (χ0v) is 7.05. The summed E-state index contributed by atoms with van der Waals surface area (Å²) in [5, 5.41) is 12.1. The average molecular weight is 157 g/mol. The second-order valence-electron chi connectivity index (χ2n) is 3.54. The van der Waals surface area contributed by atoms with Crippen molar-refractivity contribution < 1.29 is 9.90 Å². The van der Waals surface area contributed by atoms with Crippen molar-refractivity contribution in [2.24, 2.45) is 11.3 Å². The monoisotopic (exact) mass is 157 g/mol. The Labute approximate surface area is 66.8 Å². The molecule has 1 atom stereocenters. The van der Waals surface area contributed by atoms with E-state index in [0.29, 0.717) is 6.54 Å². The number of carboxylic acid groups (broad SMARTS) is 1. The first kappa shape index (κ1) is 8.53. The number of aliphatic carboxylic acids is 1. The van der Waals surface area contributed by atoms with Gasteiger partial charge in [-0.25, -0.2) is 0 Å². The van der Waals surface area contributed by atoms with Gasteiger partial charge in [-0.15, -0.1) is 0 Å². The lowest BCUT2D eigenvalue weighted by Crippen LogP contribution is -2.38. The highest BCUT2D eigenvalue weighted by molar-refractivity contribution is 5.75. The van der Waals surface area contributed by atoms with Gasteiger partial charge in [0.05, 0.1) is 5.41 Å². The Balaban J connectivity index is 2.79. The molecule has 1 heterocycles. The maximum absolute atomic E-state index is 10.9. The Morgan fingerprint density at radius 2 is 2.27 bits per heavy atom. The smallest absolute Gasteiger partial charge is 0.311 e. The van der Waals surface area contributed by atoms with Gasteiger partial charge >= 0.3 is 5.97 Å². The van der Waals surface area contributed by atoms with Crippen molar-refractivity contribution in [3.05, 3.63) is 0 Å². The molecule has 0 aromatic carbocycles. The average Bonchev–Trinajstić information content (AvgIpc) is 2.34. The molecule has 0 aromatic heterocycles. The summed E-state index contributed by atoms with van der Waals surface area (Å²) in [5.41, 5.74) is -0.500. The topological polar surface area (TPSA) is 49.3 Å². The third kappa shape index (κ3) is 1.25. The summed E-state index contributed by atoms with van der Waals surface area (Å²) in [4.78, 5) is 10.9. The van der Waals surface area contributed by atoms with E-state index in [0.717, 1.165) is 13.0 Å². The van der Waals surface area contributed by atoms with Crippen LogP contribution >= 0.6 is 0 Å². The molecule has 3 heteroatoms. The van der Waals surface area contributed by atoms with Crippen molar-refractivity contribution >= 4 is 5.97 Å². The van der Waals surface area contributed by atoms with Crippen molar-refractivity contribution in [1.29, 1.82) is 0 Å². The first-order valence-corrected chi connectivity index (χ1v) is 4.04. The summed E-state index contributed by atoms with van der Waals surface area (Å²) < 4.78 is 0. The molecular weight excluding hydrogens is 142 g/mol. The van der Waals surface area contributed by atoms with E-state index in [9.17, 15) is 4.79 Å². The van der Waals surface area contributed by atoms with Crippen LogP contribution in [0.4, 0.5) is 0 Å². The maximum atomic E-state index is 10.9. The van der Waals surface area contributed by atoms with E-state index >= 15 is 0 Å². The van der Waals surface area contributed by atoms with E-state index < -0.39 is 11.4 Å². The molecule has 0 saturated carbocycles. The predicted octanol–water partition coefficient (Wildman–Crippen LogP) is 0.707. The molecule has 1 aliphatic rings. The molecule has 11 heavy (non-hydrogen) atoms. The number of hydrogen-bond acceptors (Lipinski definition) is 2. The van der Waals surface area contributed by atoms with Crippen LogP contribution in [0.1, 0.15) is 20.3 Å². The highest BCUT2D eigenvalue weighted by Crippen LogP contribution is 2.33. The summed E-state index contributed by atoms with van der Waals surface area (Å²) in [6.07, 6.45) is 0.764. The molecule has 0 radical (unpaired) electrons. The summed E-state index contributed by atoms with van der Waals surface area (Å²) in [5.74, 6) is -0.438. The van der Waals surface area contributed by atoms with Gasteiger partial charge in [-0.05, 0) is 18.9 Å². The van der Waals surface area contributed by atoms with Crippen LogP contribution in [0.3, 0.4) is 0 Å². The number of carbonyl (C=O) groups is 1. The second kappa shape index (κ2) is 2.81.